The predicted octanol–water partition coefficient (Wildman–Crippen LogP) is 9.49. The van der Waals surface area contributed by atoms with Crippen molar-refractivity contribution in [2.75, 3.05) is 58.9 Å². The normalized spacial score (nSPS) is 12.5. The molecule has 0 aliphatic rings. The highest BCUT2D eigenvalue weighted by molar-refractivity contribution is 5.97. The van der Waals surface area contributed by atoms with Gasteiger partial charge in [0.05, 0.1) is 36.3 Å². The lowest BCUT2D eigenvalue weighted by molar-refractivity contribution is -0.123. The molecule has 0 heterocycles. The van der Waals surface area contributed by atoms with E-state index in [0.29, 0.717) is 230 Å². The number of nitrogens with one attached hydrogen (secondary N) is 9. The maximum absolute atomic E-state index is 14.6. The van der Waals surface area contributed by atoms with Gasteiger partial charge in [0.15, 0.2) is 0 Å². The summed E-state index contributed by atoms with van der Waals surface area (Å²) in [6, 6.07) is 77.9. The number of rotatable bonds is 57. The summed E-state index contributed by atoms with van der Waals surface area (Å²) in [4.78, 5) is 123. The third-order valence-corrected chi connectivity index (χ3v) is 23.6. The van der Waals surface area contributed by atoms with Gasteiger partial charge in [-0.15, -0.1) is 0 Å². The van der Waals surface area contributed by atoms with Crippen molar-refractivity contribution < 1.29 is 43.2 Å². The van der Waals surface area contributed by atoms with Gasteiger partial charge in [0.2, 0.25) is 35.4 Å². The number of nitrogens with two attached hydrogens (primary N) is 6. The van der Waals surface area contributed by atoms with Gasteiger partial charge in [-0.25, -0.2) is 0 Å². The molecule has 9 amide bonds. The lowest BCUT2D eigenvalue weighted by atomic mass is 9.96. The minimum Gasteiger partial charge on any atom is -0.355 e. The van der Waals surface area contributed by atoms with Gasteiger partial charge in [0.1, 0.15) is 0 Å². The highest BCUT2D eigenvalue weighted by Gasteiger charge is 2.23. The zero-order chi connectivity index (χ0) is 93.4. The number of amides is 9. The van der Waals surface area contributed by atoms with Crippen LogP contribution in [0.15, 0.2) is 255 Å². The molecule has 24 nitrogen and oxygen atoms in total. The minimum atomic E-state index is -0.722. The summed E-state index contributed by atoms with van der Waals surface area (Å²) in [5, 5.41) is 27.6. The second-order valence-corrected chi connectivity index (χ2v) is 34.4. The molecule has 21 N–H and O–H groups in total. The number of hydrogen-bond acceptors (Lipinski definition) is 15. The zero-order valence-corrected chi connectivity index (χ0v) is 76.2. The number of aryl methyl sites for hydroxylation is 9. The van der Waals surface area contributed by atoms with Gasteiger partial charge in [0, 0.05) is 75.6 Å². The molecule has 0 spiro atoms. The Kier molecular flexibility index (Phi) is 43.0. The quantitative estimate of drug-likeness (QED) is 0.0158. The van der Waals surface area contributed by atoms with E-state index in [1.807, 2.05) is 237 Å². The molecule has 24 heteroatoms. The van der Waals surface area contributed by atoms with Crippen molar-refractivity contribution in [1.29, 1.82) is 0 Å². The number of benzene rings is 10. The Morgan fingerprint density at radius 1 is 0.182 bits per heavy atom. The molecule has 6 atom stereocenters. The fourth-order valence-corrected chi connectivity index (χ4v) is 16.2. The van der Waals surface area contributed by atoms with E-state index < -0.39 is 36.3 Å². The summed E-state index contributed by atoms with van der Waals surface area (Å²) < 4.78 is 0. The summed E-state index contributed by atoms with van der Waals surface area (Å²) in [5.41, 5.74) is 53.8. The Hall–Kier alpha value is -12.8. The summed E-state index contributed by atoms with van der Waals surface area (Å²) >= 11 is 0. The maximum Gasteiger partial charge on any atom is 0.251 e. The van der Waals surface area contributed by atoms with Crippen molar-refractivity contribution in [3.8, 4) is 0 Å². The first-order valence-corrected chi connectivity index (χ1v) is 46.9. The van der Waals surface area contributed by atoms with E-state index in [0.717, 1.165) is 83.5 Å². The minimum absolute atomic E-state index is 0.229. The molecule has 0 unspecified atom stereocenters. The lowest BCUT2D eigenvalue weighted by Crippen LogP contribution is -2.42. The van der Waals surface area contributed by atoms with Crippen molar-refractivity contribution >= 4 is 53.2 Å². The summed E-state index contributed by atoms with van der Waals surface area (Å²) in [5.74, 6) is -2.14. The molecular weight excluding hydrogens is 1650 g/mol. The molecule has 0 saturated carbocycles. The van der Waals surface area contributed by atoms with Crippen LogP contribution in [-0.4, -0.2) is 148 Å². The molecule has 132 heavy (non-hydrogen) atoms. The van der Waals surface area contributed by atoms with Crippen LogP contribution in [0.25, 0.3) is 0 Å². The number of hydrogen-bond donors (Lipinski definition) is 15. The number of carbonyl (C=O) groups excluding carboxylic acids is 9. The second kappa shape index (κ2) is 56.0. The van der Waals surface area contributed by atoms with E-state index in [-0.39, 0.29) is 53.2 Å². The molecule has 0 aromatic heterocycles. The molecule has 0 bridgehead atoms. The average molecular weight is 1790 g/mol. The highest BCUT2D eigenvalue weighted by Crippen LogP contribution is 2.23. The molecule has 0 aliphatic carbocycles. The van der Waals surface area contributed by atoms with Gasteiger partial charge in [-0.1, -0.05) is 237 Å². The Bertz CT molecular complexity index is 4740. The van der Waals surface area contributed by atoms with Crippen molar-refractivity contribution in [2.45, 2.75) is 190 Å². The Labute approximate surface area is 778 Å². The molecule has 0 saturated heterocycles. The van der Waals surface area contributed by atoms with Crippen molar-refractivity contribution in [3.63, 3.8) is 0 Å². The van der Waals surface area contributed by atoms with Crippen LogP contribution in [0.5, 0.6) is 0 Å². The van der Waals surface area contributed by atoms with E-state index in [9.17, 15) is 43.2 Å². The van der Waals surface area contributed by atoms with Crippen LogP contribution in [0.4, 0.5) is 0 Å². The van der Waals surface area contributed by atoms with E-state index in [2.05, 4.69) is 66.1 Å². The van der Waals surface area contributed by atoms with Gasteiger partial charge in [0.25, 0.3) is 17.7 Å². The van der Waals surface area contributed by atoms with Crippen molar-refractivity contribution in [2.24, 2.45) is 34.4 Å². The first-order chi connectivity index (χ1) is 64.2. The molecule has 696 valence electrons. The second-order valence-electron chi connectivity index (χ2n) is 34.4. The molecule has 0 radical (unpaired) electrons. The van der Waals surface area contributed by atoms with E-state index in [1.54, 1.807) is 0 Å². The fraction of sp³-hybridized carbons (Fsp3) is 0.361. The van der Waals surface area contributed by atoms with Crippen LogP contribution in [-0.2, 0) is 125 Å². The Morgan fingerprint density at radius 2 is 0.348 bits per heavy atom. The largest absolute Gasteiger partial charge is 0.355 e. The van der Waals surface area contributed by atoms with Crippen molar-refractivity contribution in [3.05, 3.63) is 355 Å². The van der Waals surface area contributed by atoms with Crippen LogP contribution < -0.4 is 82.3 Å². The predicted molar refractivity (Wildman–Crippen MR) is 524 cm³/mol. The highest BCUT2D eigenvalue weighted by atomic mass is 16.2. The third kappa shape index (κ3) is 36.2. The first kappa shape index (κ1) is 101. The fourth-order valence-electron chi connectivity index (χ4n) is 16.2. The molecule has 0 fully saturated rings. The third-order valence-electron chi connectivity index (χ3n) is 23.6. The van der Waals surface area contributed by atoms with Crippen LogP contribution in [0.1, 0.15) is 172 Å². The summed E-state index contributed by atoms with van der Waals surface area (Å²) in [6.45, 7) is 3.33. The maximum atomic E-state index is 14.6. The Morgan fingerprint density at radius 3 is 0.538 bits per heavy atom. The zero-order valence-electron chi connectivity index (χ0n) is 76.2. The summed E-state index contributed by atoms with van der Waals surface area (Å²) in [7, 11) is 0. The standard InChI is InChI=1S/C108H135N15O9/c109-94(70-76-28-7-1-8-29-76)103(127)118-58-19-40-82-49-52-88(46-25-61-121-106(130)97(112)73-79-34-13-4-14-35-79)91(67-82)100(124)115-55-22-43-85-64-86(44-23-56-116-101(125)92-68-83(41-20-59-119-104(128)95(110)71-77-30-9-2-10-31-77)50-53-89(92)47-26-62-122-107(131)98(113)74-80-36-15-5-16-37-80)66-87(65-85)45-24-57-117-102(126)93-69-84(42-21-60-120-105(129)96(111)72-78-32-11-3-12-33-78)51-54-90(93)48-27-63-123-108(132)99(114)75-81-38-17-6-18-39-81/h1-18,28-39,49-54,64-69,94-99H,19-27,40-48,55-63,70-75,109-114H2,(H,115,124)(H,116,125)(H,117,126)(H,118,127)(H,119,128)(H,120,129)(H,121,130)(H,122,131)(H,123,132)/t94-,95-,96-,97-,98-,99-/m0/s1. The Balaban J connectivity index is 0.816. The van der Waals surface area contributed by atoms with Gasteiger partial charge < -0.3 is 82.3 Å². The lowest BCUT2D eigenvalue weighted by Gasteiger charge is -2.16. The van der Waals surface area contributed by atoms with Gasteiger partial charge in [-0.2, -0.15) is 0 Å². The smallest absolute Gasteiger partial charge is 0.251 e. The van der Waals surface area contributed by atoms with Crippen LogP contribution in [0.2, 0.25) is 0 Å². The van der Waals surface area contributed by atoms with Crippen LogP contribution in [0, 0.1) is 0 Å². The topological polar surface area (TPSA) is 418 Å². The molecule has 10 rings (SSSR count). The van der Waals surface area contributed by atoms with Gasteiger partial charge in [-0.05, 0) is 256 Å². The molecule has 10 aromatic rings. The van der Waals surface area contributed by atoms with Gasteiger partial charge in [-0.3, -0.25) is 43.2 Å². The van der Waals surface area contributed by atoms with E-state index >= 15 is 0 Å². The monoisotopic (exact) mass is 1790 g/mol. The molecular formula is C108H135N15O9. The SMILES string of the molecule is N[C@@H](Cc1ccccc1)C(=O)NCCCc1ccc(CCCNC(=O)[C@@H](N)Cc2ccccc2)c(C(=O)NCCCc2cc(CCCNC(=O)c3cc(CCCNC(=O)[C@@H](N)Cc4ccccc4)ccc3CCCNC(=O)[C@@H](N)Cc3ccccc3)cc(CCCNC(=O)c3cc(CCCNC(=O)[C@@H](N)Cc4ccccc4)ccc3CCCNC(=O)[C@@H](N)Cc3ccccc3)c2)c1. The van der Waals surface area contributed by atoms with Crippen LogP contribution in [0.3, 0.4) is 0 Å². The average Bonchev–Trinajstić information content (AvgIpc) is 0.885. The number of carbonyl (C=O) groups is 9. The van der Waals surface area contributed by atoms with Gasteiger partial charge >= 0.3 is 0 Å². The van der Waals surface area contributed by atoms with E-state index in [1.165, 1.54) is 0 Å². The van der Waals surface area contributed by atoms with Crippen LogP contribution >= 0.6 is 0 Å². The summed E-state index contributed by atoms with van der Waals surface area (Å²) in [6.07, 6.45) is 12.9. The molecule has 10 aromatic carbocycles. The first-order valence-electron chi connectivity index (χ1n) is 46.9. The van der Waals surface area contributed by atoms with E-state index in [4.69, 9.17) is 34.4 Å². The molecule has 0 aliphatic heterocycles. The van der Waals surface area contributed by atoms with Crippen molar-refractivity contribution in [1.82, 2.24) is 47.9 Å².